The summed E-state index contributed by atoms with van der Waals surface area (Å²) in [6, 6.07) is 24.7. The Morgan fingerprint density at radius 2 is 1.41 bits per heavy atom. The van der Waals surface area contributed by atoms with E-state index in [1.54, 1.807) is 0 Å². The van der Waals surface area contributed by atoms with Crippen LogP contribution in [-0.4, -0.2) is 17.8 Å². The number of rotatable bonds is 3. The maximum Gasteiger partial charge on any atom is 0.203 e. The van der Waals surface area contributed by atoms with Crippen LogP contribution in [0.5, 0.6) is 0 Å². The van der Waals surface area contributed by atoms with E-state index in [-0.39, 0.29) is 6.10 Å². The van der Waals surface area contributed by atoms with Crippen LogP contribution in [-0.2, 0) is 20.9 Å². The van der Waals surface area contributed by atoms with Crippen LogP contribution in [0.4, 0.5) is 0 Å². The molecule has 2 saturated heterocycles. The van der Waals surface area contributed by atoms with Gasteiger partial charge in [0.2, 0.25) is 5.79 Å². The van der Waals surface area contributed by atoms with Crippen molar-refractivity contribution in [3.05, 3.63) is 106 Å². The van der Waals surface area contributed by atoms with E-state index in [4.69, 9.17) is 32.7 Å². The van der Waals surface area contributed by atoms with Crippen LogP contribution in [0.25, 0.3) is 0 Å². The molecule has 0 spiro atoms. The summed E-state index contributed by atoms with van der Waals surface area (Å²) >= 11 is 12.2. The molecule has 1 N–H and O–H groups in total. The monoisotopic (exact) mass is 426 g/mol. The largest absolute Gasteiger partial charge is 0.374 e. The summed E-state index contributed by atoms with van der Waals surface area (Å²) in [5, 5.41) is 13.3. The van der Waals surface area contributed by atoms with E-state index in [9.17, 15) is 5.11 Å². The molecule has 5 heteroatoms. The van der Waals surface area contributed by atoms with Crippen LogP contribution in [0.3, 0.4) is 0 Å². The molecule has 4 atom stereocenters. The maximum absolute atomic E-state index is 12.0. The summed E-state index contributed by atoms with van der Waals surface area (Å²) in [5.74, 6) is -1.96. The molecular formula is C24H20Cl2O3. The number of hydrogen-bond acceptors (Lipinski definition) is 3. The lowest BCUT2D eigenvalue weighted by atomic mass is 9.77. The predicted molar refractivity (Wildman–Crippen MR) is 113 cm³/mol. The van der Waals surface area contributed by atoms with E-state index in [0.717, 1.165) is 11.1 Å². The summed E-state index contributed by atoms with van der Waals surface area (Å²) in [6.07, 6.45) is 0.300. The molecule has 0 radical (unpaired) electrons. The van der Waals surface area contributed by atoms with E-state index in [2.05, 4.69) is 0 Å². The maximum atomic E-state index is 12.0. The second-order valence-electron chi connectivity index (χ2n) is 7.63. The Kier molecular flexibility index (Phi) is 4.69. The van der Waals surface area contributed by atoms with E-state index in [1.165, 1.54) is 0 Å². The molecule has 0 bridgehead atoms. The fourth-order valence-corrected chi connectivity index (χ4v) is 4.97. The lowest BCUT2D eigenvalue weighted by Gasteiger charge is -2.32. The molecular weight excluding hydrogens is 407 g/mol. The Balaban J connectivity index is 1.70. The van der Waals surface area contributed by atoms with Gasteiger partial charge in [0.25, 0.3) is 0 Å². The third kappa shape index (κ3) is 3.00. The summed E-state index contributed by atoms with van der Waals surface area (Å²) < 4.78 is 12.9. The SMILES string of the molecule is O[C@]1(c2ccccc2)O[C@@]2(c3ccc(Cl)cc3)CCO[C@H]2[C@@H]1c1ccc(Cl)cc1. The Hall–Kier alpha value is -1.88. The molecule has 0 aromatic heterocycles. The number of fused-ring (bicyclic) bond motifs is 1. The lowest BCUT2D eigenvalue weighted by molar-refractivity contribution is -0.241. The van der Waals surface area contributed by atoms with Gasteiger partial charge in [0, 0.05) is 22.0 Å². The van der Waals surface area contributed by atoms with Gasteiger partial charge in [0.15, 0.2) is 0 Å². The minimum Gasteiger partial charge on any atom is -0.374 e. The molecule has 2 aliphatic heterocycles. The fraction of sp³-hybridized carbons (Fsp3) is 0.250. The first-order valence-corrected chi connectivity index (χ1v) is 10.4. The molecule has 3 aromatic rings. The van der Waals surface area contributed by atoms with E-state index >= 15 is 0 Å². The normalized spacial score (nSPS) is 31.0. The third-order valence-corrected chi connectivity index (χ3v) is 6.55. The number of ether oxygens (including phenoxy) is 2. The van der Waals surface area contributed by atoms with Crippen LogP contribution < -0.4 is 0 Å². The zero-order valence-corrected chi connectivity index (χ0v) is 17.1. The third-order valence-electron chi connectivity index (χ3n) is 6.04. The second-order valence-corrected chi connectivity index (χ2v) is 8.50. The van der Waals surface area contributed by atoms with E-state index < -0.39 is 17.3 Å². The number of halogens is 2. The van der Waals surface area contributed by atoms with E-state index in [0.29, 0.717) is 28.6 Å². The van der Waals surface area contributed by atoms with Gasteiger partial charge >= 0.3 is 0 Å². The molecule has 0 saturated carbocycles. The smallest absolute Gasteiger partial charge is 0.203 e. The van der Waals surface area contributed by atoms with Gasteiger partial charge in [-0.25, -0.2) is 0 Å². The average Bonchev–Trinajstić information content (AvgIpc) is 3.25. The second kappa shape index (κ2) is 7.12. The van der Waals surface area contributed by atoms with Crippen LogP contribution in [0.2, 0.25) is 10.0 Å². The number of benzene rings is 3. The molecule has 0 amide bonds. The summed E-state index contributed by atoms with van der Waals surface area (Å²) in [6.45, 7) is 0.558. The van der Waals surface area contributed by atoms with E-state index in [1.807, 2.05) is 78.9 Å². The van der Waals surface area contributed by atoms with Gasteiger partial charge in [-0.05, 0) is 35.4 Å². The lowest BCUT2D eigenvalue weighted by Crippen LogP contribution is -2.34. The molecule has 2 heterocycles. The highest BCUT2D eigenvalue weighted by atomic mass is 35.5. The molecule has 2 fully saturated rings. The molecule has 3 nitrogen and oxygen atoms in total. The van der Waals surface area contributed by atoms with Crippen molar-refractivity contribution < 1.29 is 14.6 Å². The van der Waals surface area contributed by atoms with Crippen molar-refractivity contribution in [2.75, 3.05) is 6.61 Å². The summed E-state index contributed by atoms with van der Waals surface area (Å²) in [4.78, 5) is 0. The molecule has 148 valence electrons. The van der Waals surface area contributed by atoms with Crippen molar-refractivity contribution in [2.45, 2.75) is 29.8 Å². The molecule has 3 aromatic carbocycles. The Morgan fingerprint density at radius 1 is 0.793 bits per heavy atom. The first-order chi connectivity index (χ1) is 14.0. The topological polar surface area (TPSA) is 38.7 Å². The zero-order chi connectivity index (χ0) is 20.1. The highest BCUT2D eigenvalue weighted by molar-refractivity contribution is 6.30. The first-order valence-electron chi connectivity index (χ1n) is 9.64. The van der Waals surface area contributed by atoms with Crippen LogP contribution in [0.15, 0.2) is 78.9 Å². The van der Waals surface area contributed by atoms with Crippen molar-refractivity contribution >= 4 is 23.2 Å². The average molecular weight is 427 g/mol. The Labute approximate surface area is 179 Å². The predicted octanol–water partition coefficient (Wildman–Crippen LogP) is 5.64. The minimum absolute atomic E-state index is 0.352. The first kappa shape index (κ1) is 19.1. The van der Waals surface area contributed by atoms with Gasteiger partial charge in [-0.3, -0.25) is 0 Å². The quantitative estimate of drug-likeness (QED) is 0.588. The molecule has 2 aliphatic rings. The van der Waals surface area contributed by atoms with Gasteiger partial charge in [0.05, 0.1) is 12.5 Å². The van der Waals surface area contributed by atoms with Crippen LogP contribution in [0, 0.1) is 0 Å². The summed E-state index contributed by atoms with van der Waals surface area (Å²) in [7, 11) is 0. The highest BCUT2D eigenvalue weighted by Gasteiger charge is 2.66. The number of hydrogen-bond donors (Lipinski definition) is 1. The zero-order valence-electron chi connectivity index (χ0n) is 15.6. The van der Waals surface area contributed by atoms with Gasteiger partial charge < -0.3 is 14.6 Å². The minimum atomic E-state index is -1.54. The van der Waals surface area contributed by atoms with Gasteiger partial charge in [0.1, 0.15) is 11.7 Å². The van der Waals surface area contributed by atoms with Crippen molar-refractivity contribution in [3.63, 3.8) is 0 Å². The van der Waals surface area contributed by atoms with Gasteiger partial charge in [-0.15, -0.1) is 0 Å². The van der Waals surface area contributed by atoms with Gasteiger partial charge in [-0.2, -0.15) is 0 Å². The fourth-order valence-electron chi connectivity index (χ4n) is 4.72. The van der Waals surface area contributed by atoms with Crippen LogP contribution in [0.1, 0.15) is 29.0 Å². The number of aliphatic hydroxyl groups is 1. The summed E-state index contributed by atoms with van der Waals surface area (Å²) in [5.41, 5.74) is 1.81. The van der Waals surface area contributed by atoms with Crippen molar-refractivity contribution in [2.24, 2.45) is 0 Å². The van der Waals surface area contributed by atoms with Crippen molar-refractivity contribution in [1.29, 1.82) is 0 Å². The van der Waals surface area contributed by atoms with Crippen molar-refractivity contribution in [1.82, 2.24) is 0 Å². The molecule has 0 unspecified atom stereocenters. The van der Waals surface area contributed by atoms with Crippen LogP contribution >= 0.6 is 23.2 Å². The van der Waals surface area contributed by atoms with Gasteiger partial charge in [-0.1, -0.05) is 77.8 Å². The molecule has 5 rings (SSSR count). The molecule has 29 heavy (non-hydrogen) atoms. The Morgan fingerprint density at radius 3 is 2.07 bits per heavy atom. The molecule has 0 aliphatic carbocycles. The van der Waals surface area contributed by atoms with Crippen molar-refractivity contribution in [3.8, 4) is 0 Å². The Bertz CT molecular complexity index is 1010. The standard InChI is InChI=1S/C24H20Cl2O3/c25-19-10-6-16(7-11-19)21-22-23(14-15-28-22,17-8-12-20(26)13-9-17)29-24(21,27)18-4-2-1-3-5-18/h1-13,21-22,27H,14-15H2/t21-,22-,23+,24+/m0/s1. The highest BCUT2D eigenvalue weighted by Crippen LogP contribution is 2.60.